The molecule has 0 amide bonds. The molecule has 56 heavy (non-hydrogen) atoms. The Morgan fingerprint density at radius 1 is 0.554 bits per heavy atom. The number of carbonyl (C=O) groups is 3. The van der Waals surface area contributed by atoms with Crippen molar-refractivity contribution < 1.29 is 38.2 Å². The van der Waals surface area contributed by atoms with E-state index in [-0.39, 0.29) is 42.7 Å². The van der Waals surface area contributed by atoms with Crippen LogP contribution >= 0.6 is 0 Å². The van der Waals surface area contributed by atoms with Gasteiger partial charge in [0.2, 0.25) is 0 Å². The molecular formula is C48H86NO7+. The van der Waals surface area contributed by atoms with Crippen LogP contribution in [0.25, 0.3) is 0 Å². The van der Waals surface area contributed by atoms with Crippen LogP contribution in [0.4, 0.5) is 0 Å². The van der Waals surface area contributed by atoms with Crippen LogP contribution in [0.1, 0.15) is 187 Å². The van der Waals surface area contributed by atoms with E-state index in [0.29, 0.717) is 19.3 Å². The van der Waals surface area contributed by atoms with Crippen molar-refractivity contribution in [1.29, 1.82) is 0 Å². The molecule has 0 rings (SSSR count). The Morgan fingerprint density at radius 2 is 1.00 bits per heavy atom. The lowest BCUT2D eigenvalue weighted by Crippen LogP contribution is -2.50. The third kappa shape index (κ3) is 36.9. The number of aliphatic carboxylic acids is 1. The summed E-state index contributed by atoms with van der Waals surface area (Å²) in [5.41, 5.74) is 0. The first-order valence-corrected chi connectivity index (χ1v) is 22.7. The minimum absolute atomic E-state index is 0.0335. The number of likely N-dealkylation sites (N-methyl/N-ethyl adjacent to an activating group) is 1. The maximum atomic E-state index is 12.7. The number of hydrogen-bond donors (Lipinski definition) is 1. The second kappa shape index (κ2) is 39.1. The maximum Gasteiger partial charge on any atom is 0.362 e. The summed E-state index contributed by atoms with van der Waals surface area (Å²) in [7, 11) is 5.50. The summed E-state index contributed by atoms with van der Waals surface area (Å²) in [6.07, 6.45) is 46.1. The van der Waals surface area contributed by atoms with E-state index in [1.807, 2.05) is 33.3 Å². The lowest BCUT2D eigenvalue weighted by atomic mass is 10.0. The number of quaternary nitrogens is 1. The standard InChI is InChI=1S/C48H85NO7/c1-6-8-10-12-14-16-18-20-21-22-23-24-25-27-28-30-32-34-36-38-46(50)55-43-44(42-54-41-40-45(48(52)53)49(3,4)5)56-47(51)39-37-35-33-31-29-26-19-17-15-13-11-9-7-2/h9,11,15,17,26,29,33,35,44-45H,6-8,10,12-14,16,18-25,27-28,30-32,34,36-43H2,1-5H3/p+1/b11-9-,17-15-,29-26-,35-33-. The van der Waals surface area contributed by atoms with E-state index >= 15 is 0 Å². The molecule has 2 unspecified atom stereocenters. The van der Waals surface area contributed by atoms with Crippen molar-refractivity contribution in [2.45, 2.75) is 199 Å². The van der Waals surface area contributed by atoms with Crippen molar-refractivity contribution in [2.75, 3.05) is 41.0 Å². The van der Waals surface area contributed by atoms with Gasteiger partial charge in [0.15, 0.2) is 12.1 Å². The predicted molar refractivity (Wildman–Crippen MR) is 234 cm³/mol. The van der Waals surface area contributed by atoms with Gasteiger partial charge < -0.3 is 23.8 Å². The number of carboxylic acid groups (broad SMARTS) is 1. The zero-order chi connectivity index (χ0) is 41.4. The van der Waals surface area contributed by atoms with Crippen LogP contribution in [0.3, 0.4) is 0 Å². The van der Waals surface area contributed by atoms with Crippen molar-refractivity contribution in [1.82, 2.24) is 0 Å². The molecule has 0 aromatic rings. The molecule has 0 aliphatic carbocycles. The SMILES string of the molecule is CC/C=C\C/C=C\C/C=C\C/C=C\CCC(=O)OC(COCCC(C(=O)O)[N+](C)(C)C)COC(=O)CCCCCCCCCCCCCCCCCCCCC. The molecule has 0 bridgehead atoms. The van der Waals surface area contributed by atoms with Crippen LogP contribution in [0.15, 0.2) is 48.6 Å². The second-order valence-corrected chi connectivity index (χ2v) is 16.3. The zero-order valence-electron chi connectivity index (χ0n) is 36.8. The molecule has 0 aliphatic rings. The first-order valence-electron chi connectivity index (χ1n) is 22.7. The highest BCUT2D eigenvalue weighted by molar-refractivity contribution is 5.72. The van der Waals surface area contributed by atoms with Crippen LogP contribution in [0.5, 0.6) is 0 Å². The highest BCUT2D eigenvalue weighted by Crippen LogP contribution is 2.15. The lowest BCUT2D eigenvalue weighted by Gasteiger charge is -2.31. The summed E-state index contributed by atoms with van der Waals surface area (Å²) in [6, 6.07) is -0.626. The van der Waals surface area contributed by atoms with E-state index in [1.165, 1.54) is 103 Å². The van der Waals surface area contributed by atoms with Crippen molar-refractivity contribution in [3.05, 3.63) is 48.6 Å². The fraction of sp³-hybridized carbons (Fsp3) is 0.771. The van der Waals surface area contributed by atoms with Crippen molar-refractivity contribution in [3.8, 4) is 0 Å². The van der Waals surface area contributed by atoms with E-state index in [4.69, 9.17) is 14.2 Å². The average Bonchev–Trinajstić information content (AvgIpc) is 3.15. The lowest BCUT2D eigenvalue weighted by molar-refractivity contribution is -0.887. The van der Waals surface area contributed by atoms with Crippen molar-refractivity contribution >= 4 is 17.9 Å². The van der Waals surface area contributed by atoms with Gasteiger partial charge in [-0.2, -0.15) is 0 Å². The first-order chi connectivity index (χ1) is 27.1. The molecule has 1 N–H and O–H groups in total. The molecule has 0 heterocycles. The molecule has 324 valence electrons. The summed E-state index contributed by atoms with van der Waals surface area (Å²) in [5, 5.41) is 9.61. The Balaban J connectivity index is 4.33. The minimum atomic E-state index is -0.885. The van der Waals surface area contributed by atoms with Gasteiger partial charge in [-0.25, -0.2) is 4.79 Å². The third-order valence-electron chi connectivity index (χ3n) is 10.0. The molecule has 0 fully saturated rings. The molecule has 0 aliphatic heterocycles. The highest BCUT2D eigenvalue weighted by atomic mass is 16.6. The first kappa shape index (κ1) is 53.3. The van der Waals surface area contributed by atoms with Crippen molar-refractivity contribution in [3.63, 3.8) is 0 Å². The molecule has 0 spiro atoms. The fourth-order valence-electron chi connectivity index (χ4n) is 6.52. The molecular weight excluding hydrogens is 703 g/mol. The fourth-order valence-corrected chi connectivity index (χ4v) is 6.52. The Morgan fingerprint density at radius 3 is 1.45 bits per heavy atom. The van der Waals surface area contributed by atoms with Crippen LogP contribution in [0.2, 0.25) is 0 Å². The van der Waals surface area contributed by atoms with Crippen LogP contribution < -0.4 is 0 Å². The summed E-state index contributed by atoms with van der Waals surface area (Å²) in [4.78, 5) is 36.9. The maximum absolute atomic E-state index is 12.7. The van der Waals surface area contributed by atoms with Gasteiger partial charge in [-0.3, -0.25) is 9.59 Å². The number of hydrogen-bond acceptors (Lipinski definition) is 6. The number of ether oxygens (including phenoxy) is 3. The summed E-state index contributed by atoms with van der Waals surface area (Å²) in [6.45, 7) is 4.55. The predicted octanol–water partition coefficient (Wildman–Crippen LogP) is 12.4. The molecule has 2 atom stereocenters. The van der Waals surface area contributed by atoms with E-state index in [0.717, 1.165) is 44.9 Å². The molecule has 0 aromatic heterocycles. The topological polar surface area (TPSA) is 99.1 Å². The van der Waals surface area contributed by atoms with Gasteiger partial charge in [-0.15, -0.1) is 0 Å². The number of esters is 2. The Hall–Kier alpha value is -2.71. The van der Waals surface area contributed by atoms with Gasteiger partial charge in [0.1, 0.15) is 6.61 Å². The summed E-state index contributed by atoms with van der Waals surface area (Å²) < 4.78 is 17.2. The molecule has 0 radical (unpaired) electrons. The zero-order valence-corrected chi connectivity index (χ0v) is 36.8. The minimum Gasteiger partial charge on any atom is -0.477 e. The Kier molecular flexibility index (Phi) is 37.2. The largest absolute Gasteiger partial charge is 0.477 e. The molecule has 8 nitrogen and oxygen atoms in total. The van der Waals surface area contributed by atoms with Gasteiger partial charge in [0.05, 0.1) is 34.4 Å². The smallest absolute Gasteiger partial charge is 0.362 e. The Labute approximate surface area is 344 Å². The van der Waals surface area contributed by atoms with E-state index in [9.17, 15) is 19.5 Å². The summed E-state index contributed by atoms with van der Waals surface area (Å²) >= 11 is 0. The second-order valence-electron chi connectivity index (χ2n) is 16.3. The number of carboxylic acids is 1. The molecule has 8 heteroatoms. The number of rotatable bonds is 40. The molecule has 0 aromatic carbocycles. The monoisotopic (exact) mass is 789 g/mol. The van der Waals surface area contributed by atoms with Crippen LogP contribution in [-0.2, 0) is 28.6 Å². The molecule has 0 saturated carbocycles. The van der Waals surface area contributed by atoms with Crippen LogP contribution in [0, 0.1) is 0 Å². The van der Waals surface area contributed by atoms with E-state index in [2.05, 4.69) is 50.3 Å². The number of allylic oxidation sites excluding steroid dienone is 8. The van der Waals surface area contributed by atoms with Crippen LogP contribution in [-0.4, -0.2) is 80.6 Å². The van der Waals surface area contributed by atoms with Gasteiger partial charge in [-0.1, -0.05) is 178 Å². The number of nitrogens with zero attached hydrogens (tertiary/aromatic N) is 1. The van der Waals surface area contributed by atoms with Gasteiger partial charge in [0.25, 0.3) is 0 Å². The van der Waals surface area contributed by atoms with Crippen molar-refractivity contribution in [2.24, 2.45) is 0 Å². The molecule has 0 saturated heterocycles. The summed E-state index contributed by atoms with van der Waals surface area (Å²) in [5.74, 6) is -1.57. The van der Waals surface area contributed by atoms with E-state index in [1.54, 1.807) is 0 Å². The average molecular weight is 789 g/mol. The van der Waals surface area contributed by atoms with Gasteiger partial charge in [-0.05, 0) is 38.5 Å². The number of unbranched alkanes of at least 4 members (excludes halogenated alkanes) is 18. The van der Waals surface area contributed by atoms with E-state index < -0.39 is 18.1 Å². The normalized spacial score (nSPS) is 13.4. The van der Waals surface area contributed by atoms with Gasteiger partial charge >= 0.3 is 17.9 Å². The Bertz CT molecular complexity index is 1060. The number of carbonyl (C=O) groups excluding carboxylic acids is 2. The van der Waals surface area contributed by atoms with Gasteiger partial charge in [0, 0.05) is 19.3 Å². The quantitative estimate of drug-likeness (QED) is 0.0286. The highest BCUT2D eigenvalue weighted by Gasteiger charge is 2.31. The third-order valence-corrected chi connectivity index (χ3v) is 10.0.